The van der Waals surface area contributed by atoms with Crippen LogP contribution in [0, 0.1) is 11.7 Å². The Kier molecular flexibility index (Phi) is 8.89. The van der Waals surface area contributed by atoms with E-state index in [2.05, 4.69) is 16.0 Å². The average molecular weight is 462 g/mol. The van der Waals surface area contributed by atoms with Crippen molar-refractivity contribution in [2.24, 2.45) is 5.92 Å². The highest BCUT2D eigenvalue weighted by Crippen LogP contribution is 2.30. The third-order valence-electron chi connectivity index (χ3n) is 5.11. The minimum atomic E-state index is -4.72. The molecule has 6 nitrogen and oxygen atoms in total. The van der Waals surface area contributed by atoms with Crippen LogP contribution in [0.4, 0.5) is 22.4 Å². The van der Waals surface area contributed by atoms with Crippen LogP contribution in [-0.2, 0) is 10.9 Å². The highest BCUT2D eigenvalue weighted by molar-refractivity contribution is 5.94. The number of carbonyl (C=O) groups is 2. The van der Waals surface area contributed by atoms with Crippen LogP contribution in [0.1, 0.15) is 62.4 Å². The Hall–Kier alpha value is -2.36. The molecule has 0 unspecified atom stereocenters. The zero-order valence-corrected chi connectivity index (χ0v) is 18.6. The SMILES string of the molecule is CC(C)(C)OC(=O)NCCN[C@H]1CC[C@@H](CNC(=O)c2cc(F)cc(C(F)(F)F)c2)CC1. The predicted molar refractivity (Wildman–Crippen MR) is 112 cm³/mol. The molecule has 0 heterocycles. The number of amides is 2. The number of hydrogen-bond acceptors (Lipinski definition) is 4. The summed E-state index contributed by atoms with van der Waals surface area (Å²) in [6, 6.07) is 2.12. The first-order chi connectivity index (χ1) is 14.8. The van der Waals surface area contributed by atoms with Gasteiger partial charge in [0, 0.05) is 31.2 Å². The molecule has 0 radical (unpaired) electrons. The van der Waals surface area contributed by atoms with Crippen molar-refractivity contribution in [2.75, 3.05) is 19.6 Å². The summed E-state index contributed by atoms with van der Waals surface area (Å²) in [4.78, 5) is 23.8. The minimum absolute atomic E-state index is 0.201. The van der Waals surface area contributed by atoms with E-state index in [1.165, 1.54) is 0 Å². The number of hydrogen-bond donors (Lipinski definition) is 3. The molecule has 1 aromatic carbocycles. The number of ether oxygens (including phenoxy) is 1. The molecule has 0 aromatic heterocycles. The smallest absolute Gasteiger partial charge is 0.416 e. The van der Waals surface area contributed by atoms with Crippen molar-refractivity contribution in [3.05, 3.63) is 35.1 Å². The van der Waals surface area contributed by atoms with Crippen LogP contribution < -0.4 is 16.0 Å². The van der Waals surface area contributed by atoms with Crippen LogP contribution in [0.2, 0.25) is 0 Å². The van der Waals surface area contributed by atoms with Gasteiger partial charge in [-0.05, 0) is 70.6 Å². The lowest BCUT2D eigenvalue weighted by Gasteiger charge is -2.29. The molecule has 2 rings (SSSR count). The van der Waals surface area contributed by atoms with E-state index in [1.807, 2.05) is 0 Å². The molecule has 1 aliphatic carbocycles. The average Bonchev–Trinajstić information content (AvgIpc) is 2.68. The second-order valence-corrected chi connectivity index (χ2v) is 9.04. The van der Waals surface area contributed by atoms with Crippen LogP contribution in [-0.4, -0.2) is 43.3 Å². The first-order valence-corrected chi connectivity index (χ1v) is 10.7. The van der Waals surface area contributed by atoms with E-state index in [9.17, 15) is 27.2 Å². The molecular formula is C22H31F4N3O3. The van der Waals surface area contributed by atoms with Crippen LogP contribution in [0.5, 0.6) is 0 Å². The highest BCUT2D eigenvalue weighted by Gasteiger charge is 2.32. The van der Waals surface area contributed by atoms with Gasteiger partial charge in [-0.15, -0.1) is 0 Å². The van der Waals surface area contributed by atoms with Gasteiger partial charge in [-0.25, -0.2) is 9.18 Å². The maximum atomic E-state index is 13.5. The molecule has 0 atom stereocenters. The Bertz CT molecular complexity index is 786. The number of halogens is 4. The van der Waals surface area contributed by atoms with Gasteiger partial charge in [-0.3, -0.25) is 4.79 Å². The second kappa shape index (κ2) is 11.0. The van der Waals surface area contributed by atoms with Gasteiger partial charge in [0.05, 0.1) is 5.56 Å². The zero-order valence-electron chi connectivity index (χ0n) is 18.6. The van der Waals surface area contributed by atoms with Gasteiger partial charge in [0.2, 0.25) is 0 Å². The molecule has 32 heavy (non-hydrogen) atoms. The van der Waals surface area contributed by atoms with Gasteiger partial charge in [0.25, 0.3) is 5.91 Å². The molecule has 1 fully saturated rings. The lowest BCUT2D eigenvalue weighted by Crippen LogP contribution is -2.41. The Labute approximate surface area is 185 Å². The topological polar surface area (TPSA) is 79.5 Å². The number of nitrogens with one attached hydrogen (secondary N) is 3. The quantitative estimate of drug-likeness (QED) is 0.419. The van der Waals surface area contributed by atoms with Gasteiger partial charge in [-0.2, -0.15) is 13.2 Å². The Morgan fingerprint density at radius 3 is 2.25 bits per heavy atom. The zero-order chi connectivity index (χ0) is 23.9. The summed E-state index contributed by atoms with van der Waals surface area (Å²) in [5.41, 5.74) is -2.07. The minimum Gasteiger partial charge on any atom is -0.444 e. The lowest BCUT2D eigenvalue weighted by molar-refractivity contribution is -0.137. The van der Waals surface area contributed by atoms with Crippen molar-refractivity contribution in [3.8, 4) is 0 Å². The van der Waals surface area contributed by atoms with Gasteiger partial charge >= 0.3 is 12.3 Å². The molecule has 0 spiro atoms. The molecule has 0 bridgehead atoms. The first kappa shape index (κ1) is 25.9. The molecule has 1 aromatic rings. The number of alkyl halides is 3. The summed E-state index contributed by atoms with van der Waals surface area (Å²) in [7, 11) is 0. The van der Waals surface area contributed by atoms with E-state index in [0.29, 0.717) is 37.8 Å². The third kappa shape index (κ3) is 9.02. The van der Waals surface area contributed by atoms with E-state index in [4.69, 9.17) is 4.74 Å². The van der Waals surface area contributed by atoms with E-state index in [1.54, 1.807) is 20.8 Å². The van der Waals surface area contributed by atoms with Crippen molar-refractivity contribution in [1.82, 2.24) is 16.0 Å². The monoisotopic (exact) mass is 461 g/mol. The van der Waals surface area contributed by atoms with Crippen molar-refractivity contribution >= 4 is 12.0 Å². The summed E-state index contributed by atoms with van der Waals surface area (Å²) in [6.07, 6.45) is -1.73. The van der Waals surface area contributed by atoms with E-state index in [0.717, 1.165) is 31.7 Å². The van der Waals surface area contributed by atoms with Gasteiger partial charge in [0.1, 0.15) is 11.4 Å². The molecule has 0 saturated heterocycles. The molecule has 10 heteroatoms. The fourth-order valence-corrected chi connectivity index (χ4v) is 3.55. The van der Waals surface area contributed by atoms with Gasteiger partial charge < -0.3 is 20.7 Å². The van der Waals surface area contributed by atoms with Crippen molar-refractivity contribution in [1.29, 1.82) is 0 Å². The largest absolute Gasteiger partial charge is 0.444 e. The van der Waals surface area contributed by atoms with Crippen LogP contribution >= 0.6 is 0 Å². The van der Waals surface area contributed by atoms with E-state index < -0.39 is 35.2 Å². The highest BCUT2D eigenvalue weighted by atomic mass is 19.4. The number of benzene rings is 1. The maximum absolute atomic E-state index is 13.5. The fourth-order valence-electron chi connectivity index (χ4n) is 3.55. The molecule has 180 valence electrons. The molecule has 0 aliphatic heterocycles. The summed E-state index contributed by atoms with van der Waals surface area (Å²) < 4.78 is 57.1. The first-order valence-electron chi connectivity index (χ1n) is 10.7. The van der Waals surface area contributed by atoms with Crippen LogP contribution in [0.25, 0.3) is 0 Å². The molecule has 2 amide bonds. The Morgan fingerprint density at radius 2 is 1.66 bits per heavy atom. The molecule has 1 saturated carbocycles. The Balaban J connectivity index is 1.68. The predicted octanol–water partition coefficient (Wildman–Crippen LogP) is 4.25. The number of alkyl carbamates (subject to hydrolysis) is 1. The lowest BCUT2D eigenvalue weighted by atomic mass is 9.86. The van der Waals surface area contributed by atoms with Crippen LogP contribution in [0.3, 0.4) is 0 Å². The van der Waals surface area contributed by atoms with Crippen LogP contribution in [0.15, 0.2) is 18.2 Å². The van der Waals surface area contributed by atoms with E-state index in [-0.39, 0.29) is 11.5 Å². The van der Waals surface area contributed by atoms with Gasteiger partial charge in [0.15, 0.2) is 0 Å². The standard InChI is InChI=1S/C22H31F4N3O3/c1-21(2,3)32-20(31)28-9-8-27-18-6-4-14(5-7-18)13-29-19(30)15-10-16(22(24,25)26)12-17(23)11-15/h10-12,14,18,27H,4-9,13H2,1-3H3,(H,28,31)(H,29,30)/t14-,18+. The second-order valence-electron chi connectivity index (χ2n) is 9.04. The molecule has 1 aliphatic rings. The van der Waals surface area contributed by atoms with Crippen molar-refractivity contribution < 1.29 is 31.9 Å². The summed E-state index contributed by atoms with van der Waals surface area (Å²) in [6.45, 7) is 6.76. The normalized spacial score (nSPS) is 19.3. The van der Waals surface area contributed by atoms with Crippen molar-refractivity contribution in [2.45, 2.75) is 64.3 Å². The number of carbonyl (C=O) groups excluding carboxylic acids is 2. The number of rotatable bonds is 7. The molecule has 3 N–H and O–H groups in total. The summed E-state index contributed by atoms with van der Waals surface area (Å²) in [5, 5.41) is 8.67. The van der Waals surface area contributed by atoms with E-state index >= 15 is 0 Å². The maximum Gasteiger partial charge on any atom is 0.416 e. The van der Waals surface area contributed by atoms with Gasteiger partial charge in [-0.1, -0.05) is 0 Å². The third-order valence-corrected chi connectivity index (χ3v) is 5.11. The molecular weight excluding hydrogens is 430 g/mol. The summed E-state index contributed by atoms with van der Waals surface area (Å²) >= 11 is 0. The van der Waals surface area contributed by atoms with Crippen molar-refractivity contribution in [3.63, 3.8) is 0 Å². The Morgan fingerprint density at radius 1 is 1.00 bits per heavy atom. The summed E-state index contributed by atoms with van der Waals surface area (Å²) in [5.74, 6) is -1.62. The fraction of sp³-hybridized carbons (Fsp3) is 0.636.